The lowest BCUT2D eigenvalue weighted by Gasteiger charge is -2.06. The molecule has 114 valence electrons. The molecule has 0 atom stereocenters. The Kier molecular flexibility index (Phi) is 4.79. The Morgan fingerprint density at radius 1 is 0.696 bits per heavy atom. The average Bonchev–Trinajstić information content (AvgIpc) is 2.61. The van der Waals surface area contributed by atoms with E-state index in [-0.39, 0.29) is 0 Å². The molecule has 0 fully saturated rings. The van der Waals surface area contributed by atoms with Crippen LogP contribution in [0.5, 0.6) is 5.75 Å². The number of rotatable bonds is 5. The zero-order valence-corrected chi connectivity index (χ0v) is 13.0. The molecule has 0 saturated carbocycles. The van der Waals surface area contributed by atoms with E-state index >= 15 is 0 Å². The molecule has 3 heteroatoms. The molecule has 0 unspecified atom stereocenters. The van der Waals surface area contributed by atoms with E-state index in [1.165, 1.54) is 5.56 Å². The zero-order valence-electron chi connectivity index (χ0n) is 13.0. The molecule has 3 aromatic rings. The first kappa shape index (κ1) is 15.0. The molecule has 3 rings (SSSR count). The molecule has 0 amide bonds. The minimum Gasteiger partial charge on any atom is -0.489 e. The quantitative estimate of drug-likeness (QED) is 0.533. The van der Waals surface area contributed by atoms with Crippen LogP contribution in [-0.4, -0.2) is 0 Å². The molecule has 0 aliphatic heterocycles. The third-order valence-electron chi connectivity index (χ3n) is 3.40. The molecule has 0 N–H and O–H groups in total. The van der Waals surface area contributed by atoms with E-state index in [9.17, 15) is 0 Å². The molecule has 0 saturated heterocycles. The van der Waals surface area contributed by atoms with Gasteiger partial charge >= 0.3 is 0 Å². The smallest absolute Gasteiger partial charge is 0.119 e. The Bertz CT molecular complexity index is 763. The number of hydrogen-bond acceptors (Lipinski definition) is 3. The Labute approximate surface area is 136 Å². The average molecular weight is 302 g/mol. The van der Waals surface area contributed by atoms with Crippen molar-refractivity contribution in [1.82, 2.24) is 0 Å². The van der Waals surface area contributed by atoms with Gasteiger partial charge in [0, 0.05) is 0 Å². The molecule has 0 radical (unpaired) electrons. The fourth-order valence-corrected chi connectivity index (χ4v) is 2.07. The highest BCUT2D eigenvalue weighted by Gasteiger charge is 1.97. The summed E-state index contributed by atoms with van der Waals surface area (Å²) in [5.74, 6) is 0.823. The van der Waals surface area contributed by atoms with Crippen LogP contribution in [0.1, 0.15) is 11.1 Å². The van der Waals surface area contributed by atoms with Crippen LogP contribution in [0.2, 0.25) is 0 Å². The van der Waals surface area contributed by atoms with E-state index in [1.807, 2.05) is 54.6 Å². The lowest BCUT2D eigenvalue weighted by atomic mass is 10.2. The van der Waals surface area contributed by atoms with E-state index in [2.05, 4.69) is 41.4 Å². The first-order chi connectivity index (χ1) is 11.3. The monoisotopic (exact) mass is 302 g/mol. The van der Waals surface area contributed by atoms with Crippen LogP contribution in [-0.2, 0) is 6.61 Å². The van der Waals surface area contributed by atoms with Gasteiger partial charge in [-0.15, -0.1) is 0 Å². The van der Waals surface area contributed by atoms with Crippen molar-refractivity contribution >= 4 is 11.4 Å². The minimum atomic E-state index is 0.561. The fourth-order valence-electron chi connectivity index (χ4n) is 2.07. The van der Waals surface area contributed by atoms with Gasteiger partial charge in [-0.1, -0.05) is 48.0 Å². The highest BCUT2D eigenvalue weighted by Crippen LogP contribution is 2.21. The number of azo groups is 1. The summed E-state index contributed by atoms with van der Waals surface area (Å²) in [5, 5.41) is 8.41. The van der Waals surface area contributed by atoms with Gasteiger partial charge in [-0.2, -0.15) is 10.2 Å². The Balaban J connectivity index is 1.58. The lowest BCUT2D eigenvalue weighted by molar-refractivity contribution is 0.306. The highest BCUT2D eigenvalue weighted by atomic mass is 16.5. The SMILES string of the molecule is Cc1ccc(COc2ccc(N=Nc3ccccc3)cc2)cc1. The largest absolute Gasteiger partial charge is 0.489 e. The number of nitrogens with zero attached hydrogens (tertiary/aromatic N) is 2. The van der Waals surface area contributed by atoms with Crippen LogP contribution in [0, 0.1) is 6.92 Å². The van der Waals surface area contributed by atoms with Crippen molar-refractivity contribution in [2.24, 2.45) is 10.2 Å². The maximum Gasteiger partial charge on any atom is 0.119 e. The van der Waals surface area contributed by atoms with Gasteiger partial charge in [0.25, 0.3) is 0 Å². The summed E-state index contributed by atoms with van der Waals surface area (Å²) < 4.78 is 5.78. The van der Waals surface area contributed by atoms with Crippen molar-refractivity contribution in [3.05, 3.63) is 90.0 Å². The number of ether oxygens (including phenoxy) is 1. The normalized spacial score (nSPS) is 10.8. The van der Waals surface area contributed by atoms with Gasteiger partial charge in [0.05, 0.1) is 11.4 Å². The third kappa shape index (κ3) is 4.51. The summed E-state index contributed by atoms with van der Waals surface area (Å²) >= 11 is 0. The van der Waals surface area contributed by atoms with Crippen molar-refractivity contribution < 1.29 is 4.74 Å². The number of hydrogen-bond donors (Lipinski definition) is 0. The number of benzene rings is 3. The Morgan fingerprint density at radius 2 is 1.30 bits per heavy atom. The van der Waals surface area contributed by atoms with Crippen molar-refractivity contribution in [2.45, 2.75) is 13.5 Å². The van der Waals surface area contributed by atoms with E-state index in [4.69, 9.17) is 4.74 Å². The van der Waals surface area contributed by atoms with Crippen LogP contribution in [0.3, 0.4) is 0 Å². The van der Waals surface area contributed by atoms with Gasteiger partial charge in [-0.3, -0.25) is 0 Å². The van der Waals surface area contributed by atoms with E-state index < -0.39 is 0 Å². The summed E-state index contributed by atoms with van der Waals surface area (Å²) in [7, 11) is 0. The maximum atomic E-state index is 5.78. The first-order valence-electron chi connectivity index (χ1n) is 7.55. The molecular weight excluding hydrogens is 284 g/mol. The van der Waals surface area contributed by atoms with E-state index in [0.717, 1.165) is 22.7 Å². The maximum absolute atomic E-state index is 5.78. The van der Waals surface area contributed by atoms with Crippen molar-refractivity contribution in [2.75, 3.05) is 0 Å². The van der Waals surface area contributed by atoms with Crippen LogP contribution in [0.4, 0.5) is 11.4 Å². The first-order valence-corrected chi connectivity index (χ1v) is 7.55. The summed E-state index contributed by atoms with van der Waals surface area (Å²) in [6.45, 7) is 2.64. The summed E-state index contributed by atoms with van der Waals surface area (Å²) in [6.07, 6.45) is 0. The number of aryl methyl sites for hydroxylation is 1. The third-order valence-corrected chi connectivity index (χ3v) is 3.40. The predicted molar refractivity (Wildman–Crippen MR) is 92.6 cm³/mol. The standard InChI is InChI=1S/C20H18N2O/c1-16-7-9-17(10-8-16)15-23-20-13-11-19(12-14-20)22-21-18-5-3-2-4-6-18/h2-14H,15H2,1H3. The van der Waals surface area contributed by atoms with Crippen molar-refractivity contribution in [1.29, 1.82) is 0 Å². The molecule has 0 aliphatic rings. The predicted octanol–water partition coefficient (Wildman–Crippen LogP) is 5.99. The minimum absolute atomic E-state index is 0.561. The fraction of sp³-hybridized carbons (Fsp3) is 0.100. The Hall–Kier alpha value is -2.94. The molecule has 0 heterocycles. The molecule has 0 spiro atoms. The molecule has 3 nitrogen and oxygen atoms in total. The van der Waals surface area contributed by atoms with Gasteiger partial charge < -0.3 is 4.74 Å². The van der Waals surface area contributed by atoms with Gasteiger partial charge in [0.15, 0.2) is 0 Å². The topological polar surface area (TPSA) is 34.0 Å². The second kappa shape index (κ2) is 7.36. The molecular formula is C20H18N2O. The second-order valence-corrected chi connectivity index (χ2v) is 5.30. The van der Waals surface area contributed by atoms with Crippen LogP contribution in [0.25, 0.3) is 0 Å². The van der Waals surface area contributed by atoms with Crippen LogP contribution < -0.4 is 4.74 Å². The molecule has 0 bridgehead atoms. The lowest BCUT2D eigenvalue weighted by Crippen LogP contribution is -1.94. The van der Waals surface area contributed by atoms with Crippen LogP contribution >= 0.6 is 0 Å². The zero-order chi connectivity index (χ0) is 15.9. The molecule has 23 heavy (non-hydrogen) atoms. The second-order valence-electron chi connectivity index (χ2n) is 5.30. The van der Waals surface area contributed by atoms with Crippen LogP contribution in [0.15, 0.2) is 89.1 Å². The van der Waals surface area contributed by atoms with E-state index in [1.54, 1.807) is 0 Å². The van der Waals surface area contributed by atoms with Crippen molar-refractivity contribution in [3.8, 4) is 5.75 Å². The van der Waals surface area contributed by atoms with Gasteiger partial charge in [0.1, 0.15) is 12.4 Å². The van der Waals surface area contributed by atoms with Crippen molar-refractivity contribution in [3.63, 3.8) is 0 Å². The summed E-state index contributed by atoms with van der Waals surface area (Å²) in [4.78, 5) is 0. The van der Waals surface area contributed by atoms with Gasteiger partial charge in [0.2, 0.25) is 0 Å². The summed E-state index contributed by atoms with van der Waals surface area (Å²) in [5.41, 5.74) is 4.05. The van der Waals surface area contributed by atoms with Gasteiger partial charge in [-0.05, 0) is 48.9 Å². The highest BCUT2D eigenvalue weighted by molar-refractivity contribution is 5.42. The van der Waals surface area contributed by atoms with Gasteiger partial charge in [-0.25, -0.2) is 0 Å². The Morgan fingerprint density at radius 3 is 1.96 bits per heavy atom. The van der Waals surface area contributed by atoms with E-state index in [0.29, 0.717) is 6.61 Å². The molecule has 0 aromatic heterocycles. The molecule has 3 aromatic carbocycles. The summed E-state index contributed by atoms with van der Waals surface area (Å²) in [6, 6.07) is 25.6. The molecule has 0 aliphatic carbocycles.